The quantitative estimate of drug-likeness (QED) is 0.776. The second-order valence-electron chi connectivity index (χ2n) is 4.64. The Bertz CT molecular complexity index is 288. The molecule has 1 atom stereocenters. The van der Waals surface area contributed by atoms with Crippen molar-refractivity contribution in [1.29, 1.82) is 0 Å². The molecule has 1 aromatic heterocycles. The minimum absolute atomic E-state index is 0.192. The van der Waals surface area contributed by atoms with E-state index in [0.717, 1.165) is 26.1 Å². The van der Waals surface area contributed by atoms with Gasteiger partial charge in [0.05, 0.1) is 0 Å². The van der Waals surface area contributed by atoms with Crippen molar-refractivity contribution < 1.29 is 4.74 Å². The molecule has 0 bridgehead atoms. The van der Waals surface area contributed by atoms with Crippen LogP contribution in [0.15, 0.2) is 17.5 Å². The highest BCUT2D eigenvalue weighted by Gasteiger charge is 2.14. The highest BCUT2D eigenvalue weighted by molar-refractivity contribution is 7.09. The summed E-state index contributed by atoms with van der Waals surface area (Å²) >= 11 is 1.81. The fourth-order valence-corrected chi connectivity index (χ4v) is 2.45. The molecule has 17 heavy (non-hydrogen) atoms. The van der Waals surface area contributed by atoms with Gasteiger partial charge in [-0.2, -0.15) is 0 Å². The number of hydrogen-bond acceptors (Lipinski definition) is 4. The summed E-state index contributed by atoms with van der Waals surface area (Å²) in [5.41, 5.74) is 6.11. The first-order valence-corrected chi connectivity index (χ1v) is 7.02. The van der Waals surface area contributed by atoms with Crippen LogP contribution >= 0.6 is 11.3 Å². The molecular weight excluding hydrogens is 232 g/mol. The van der Waals surface area contributed by atoms with Gasteiger partial charge < -0.3 is 10.5 Å². The van der Waals surface area contributed by atoms with Gasteiger partial charge in [0.2, 0.25) is 0 Å². The van der Waals surface area contributed by atoms with Crippen LogP contribution in [0.5, 0.6) is 0 Å². The summed E-state index contributed by atoms with van der Waals surface area (Å²) in [5, 5.41) is 2.12. The lowest BCUT2D eigenvalue weighted by atomic mass is 10.2. The molecule has 0 aliphatic carbocycles. The Morgan fingerprint density at radius 3 is 2.76 bits per heavy atom. The number of ether oxygens (including phenoxy) is 1. The third kappa shape index (κ3) is 5.64. The van der Waals surface area contributed by atoms with Crippen molar-refractivity contribution in [2.45, 2.75) is 38.9 Å². The third-order valence-corrected chi connectivity index (χ3v) is 3.69. The molecule has 0 radical (unpaired) electrons. The minimum atomic E-state index is 0.192. The van der Waals surface area contributed by atoms with Crippen molar-refractivity contribution in [2.75, 3.05) is 20.3 Å². The average Bonchev–Trinajstić information content (AvgIpc) is 2.78. The molecule has 0 aliphatic heterocycles. The van der Waals surface area contributed by atoms with Crippen LogP contribution < -0.4 is 5.73 Å². The van der Waals surface area contributed by atoms with Crippen molar-refractivity contribution in [2.24, 2.45) is 5.73 Å². The van der Waals surface area contributed by atoms with Crippen molar-refractivity contribution >= 4 is 11.3 Å². The first kappa shape index (κ1) is 14.6. The SMILES string of the molecule is COCCC(N)CN(Cc1cccs1)C(C)C. The molecule has 2 N–H and O–H groups in total. The molecule has 1 heterocycles. The number of nitrogens with zero attached hydrogens (tertiary/aromatic N) is 1. The molecule has 1 rings (SSSR count). The molecular formula is C13H24N2OS. The minimum Gasteiger partial charge on any atom is -0.385 e. The van der Waals surface area contributed by atoms with E-state index in [1.807, 2.05) is 0 Å². The van der Waals surface area contributed by atoms with E-state index in [1.54, 1.807) is 18.4 Å². The number of nitrogens with two attached hydrogens (primary N) is 1. The Labute approximate surface area is 109 Å². The van der Waals surface area contributed by atoms with Crippen LogP contribution in [0.2, 0.25) is 0 Å². The van der Waals surface area contributed by atoms with Gasteiger partial charge in [0.25, 0.3) is 0 Å². The van der Waals surface area contributed by atoms with E-state index in [9.17, 15) is 0 Å². The molecule has 0 saturated carbocycles. The maximum atomic E-state index is 6.11. The van der Waals surface area contributed by atoms with Crippen molar-refractivity contribution in [3.05, 3.63) is 22.4 Å². The Hall–Kier alpha value is -0.420. The predicted molar refractivity (Wildman–Crippen MR) is 74.3 cm³/mol. The van der Waals surface area contributed by atoms with Crippen molar-refractivity contribution in [3.8, 4) is 0 Å². The molecule has 1 aromatic rings. The van der Waals surface area contributed by atoms with Gasteiger partial charge in [0, 0.05) is 43.8 Å². The van der Waals surface area contributed by atoms with Gasteiger partial charge in [-0.1, -0.05) is 6.07 Å². The average molecular weight is 256 g/mol. The summed E-state index contributed by atoms with van der Waals surface area (Å²) in [4.78, 5) is 3.82. The van der Waals surface area contributed by atoms with Crippen LogP contribution in [-0.2, 0) is 11.3 Å². The number of thiophene rings is 1. The summed E-state index contributed by atoms with van der Waals surface area (Å²) in [7, 11) is 1.72. The Kier molecular flexibility index (Phi) is 6.73. The maximum absolute atomic E-state index is 6.11. The van der Waals surface area contributed by atoms with E-state index in [0.29, 0.717) is 6.04 Å². The Balaban J connectivity index is 2.43. The largest absolute Gasteiger partial charge is 0.385 e. The monoisotopic (exact) mass is 256 g/mol. The van der Waals surface area contributed by atoms with Gasteiger partial charge in [0.15, 0.2) is 0 Å². The van der Waals surface area contributed by atoms with Gasteiger partial charge in [-0.05, 0) is 31.7 Å². The van der Waals surface area contributed by atoms with Crippen LogP contribution in [-0.4, -0.2) is 37.2 Å². The van der Waals surface area contributed by atoms with E-state index >= 15 is 0 Å². The Morgan fingerprint density at radius 1 is 1.47 bits per heavy atom. The zero-order chi connectivity index (χ0) is 12.7. The van der Waals surface area contributed by atoms with Crippen LogP contribution in [0.3, 0.4) is 0 Å². The topological polar surface area (TPSA) is 38.5 Å². The molecule has 1 unspecified atom stereocenters. The van der Waals surface area contributed by atoms with Gasteiger partial charge in [-0.3, -0.25) is 4.90 Å². The van der Waals surface area contributed by atoms with Crippen molar-refractivity contribution in [3.63, 3.8) is 0 Å². The zero-order valence-electron chi connectivity index (χ0n) is 11.1. The van der Waals surface area contributed by atoms with Crippen LogP contribution in [0.4, 0.5) is 0 Å². The second kappa shape index (κ2) is 7.82. The summed E-state index contributed by atoms with van der Waals surface area (Å²) in [6.07, 6.45) is 0.921. The smallest absolute Gasteiger partial charge is 0.0477 e. The molecule has 3 nitrogen and oxygen atoms in total. The highest BCUT2D eigenvalue weighted by atomic mass is 32.1. The van der Waals surface area contributed by atoms with Gasteiger partial charge in [-0.25, -0.2) is 0 Å². The van der Waals surface area contributed by atoms with E-state index in [4.69, 9.17) is 10.5 Å². The van der Waals surface area contributed by atoms with E-state index < -0.39 is 0 Å². The summed E-state index contributed by atoms with van der Waals surface area (Å²) in [6, 6.07) is 4.99. The van der Waals surface area contributed by atoms with Gasteiger partial charge >= 0.3 is 0 Å². The number of rotatable bonds is 8. The number of methoxy groups -OCH3 is 1. The molecule has 0 saturated heterocycles. The van der Waals surface area contributed by atoms with E-state index in [1.165, 1.54) is 4.88 Å². The Morgan fingerprint density at radius 2 is 2.24 bits per heavy atom. The molecule has 0 spiro atoms. The van der Waals surface area contributed by atoms with E-state index in [2.05, 4.69) is 36.3 Å². The lowest BCUT2D eigenvalue weighted by molar-refractivity contribution is 0.160. The van der Waals surface area contributed by atoms with Gasteiger partial charge in [0.1, 0.15) is 0 Å². The third-order valence-electron chi connectivity index (χ3n) is 2.83. The lowest BCUT2D eigenvalue weighted by Crippen LogP contribution is -2.41. The predicted octanol–water partition coefficient (Wildman–Crippen LogP) is 2.32. The fourth-order valence-electron chi connectivity index (χ4n) is 1.72. The van der Waals surface area contributed by atoms with Crippen molar-refractivity contribution in [1.82, 2.24) is 4.90 Å². The summed E-state index contributed by atoms with van der Waals surface area (Å²) in [6.45, 7) is 7.11. The first-order valence-electron chi connectivity index (χ1n) is 6.14. The van der Waals surface area contributed by atoms with Crippen LogP contribution in [0.25, 0.3) is 0 Å². The zero-order valence-corrected chi connectivity index (χ0v) is 11.9. The highest BCUT2D eigenvalue weighted by Crippen LogP contribution is 2.14. The molecule has 98 valence electrons. The van der Waals surface area contributed by atoms with E-state index in [-0.39, 0.29) is 6.04 Å². The maximum Gasteiger partial charge on any atom is 0.0477 e. The lowest BCUT2D eigenvalue weighted by Gasteiger charge is -2.28. The molecule has 4 heteroatoms. The molecule has 0 amide bonds. The summed E-state index contributed by atoms with van der Waals surface area (Å²) in [5.74, 6) is 0. The molecule has 0 aromatic carbocycles. The fraction of sp³-hybridized carbons (Fsp3) is 0.692. The standard InChI is InChI=1S/C13H24N2OS/c1-11(2)15(9-12(14)6-7-16-3)10-13-5-4-8-17-13/h4-5,8,11-12H,6-7,9-10,14H2,1-3H3. The molecule has 0 fully saturated rings. The second-order valence-corrected chi connectivity index (χ2v) is 5.68. The number of hydrogen-bond donors (Lipinski definition) is 1. The van der Waals surface area contributed by atoms with Crippen LogP contribution in [0.1, 0.15) is 25.1 Å². The van der Waals surface area contributed by atoms with Gasteiger partial charge in [-0.15, -0.1) is 11.3 Å². The first-order chi connectivity index (χ1) is 8.13. The van der Waals surface area contributed by atoms with Crippen LogP contribution in [0, 0.1) is 0 Å². The normalized spacial score (nSPS) is 13.5. The summed E-state index contributed by atoms with van der Waals surface area (Å²) < 4.78 is 5.06. The molecule has 0 aliphatic rings.